The predicted molar refractivity (Wildman–Crippen MR) is 71.5 cm³/mol. The molecule has 1 saturated heterocycles. The first-order chi connectivity index (χ1) is 7.61. The first-order valence-electron chi connectivity index (χ1n) is 5.38. The molecule has 0 spiro atoms. The van der Waals surface area contributed by atoms with Crippen molar-refractivity contribution in [2.75, 3.05) is 11.4 Å². The topological polar surface area (TPSA) is 40.5 Å². The number of carbonyl (C=O) groups is 1. The number of hydrogen-bond acceptors (Lipinski definition) is 2. The van der Waals surface area contributed by atoms with Gasteiger partial charge in [-0.05, 0) is 52.8 Å². The number of rotatable bonds is 2. The highest BCUT2D eigenvalue weighted by Gasteiger charge is 2.30. The summed E-state index contributed by atoms with van der Waals surface area (Å²) in [4.78, 5) is 13.4. The van der Waals surface area contributed by atoms with Crippen LogP contribution in [0.3, 0.4) is 0 Å². The Morgan fingerprint density at radius 3 is 2.88 bits per heavy atom. The lowest BCUT2D eigenvalue weighted by atomic mass is 10.1. The molecule has 0 aromatic heterocycles. The number of amides is 1. The van der Waals surface area contributed by atoms with E-state index in [2.05, 4.69) is 35.6 Å². The highest BCUT2D eigenvalue weighted by molar-refractivity contribution is 14.1. The van der Waals surface area contributed by atoms with Gasteiger partial charge in [-0.1, -0.05) is 6.92 Å². The molecule has 0 bridgehead atoms. The maximum atomic E-state index is 11.7. The summed E-state index contributed by atoms with van der Waals surface area (Å²) in [7, 11) is 0. The molecule has 2 rings (SSSR count). The van der Waals surface area contributed by atoms with E-state index in [1.807, 2.05) is 12.1 Å². The lowest BCUT2D eigenvalue weighted by Gasteiger charge is -2.19. The fraction of sp³-hybridized carbons (Fsp3) is 0.417. The number of hydrogen-bond donors (Lipinski definition) is 1. The fourth-order valence-electron chi connectivity index (χ4n) is 2.02. The molecule has 16 heavy (non-hydrogen) atoms. The van der Waals surface area contributed by atoms with Gasteiger partial charge in [0.15, 0.2) is 0 Å². The van der Waals surface area contributed by atoms with Gasteiger partial charge in [-0.15, -0.1) is 0 Å². The number of aliphatic hydroxyl groups is 1. The molecule has 1 aromatic rings. The van der Waals surface area contributed by atoms with Gasteiger partial charge in [-0.3, -0.25) is 4.79 Å². The fourth-order valence-corrected chi connectivity index (χ4v) is 2.58. The molecule has 1 amide bonds. The predicted octanol–water partition coefficient (Wildman–Crippen LogP) is 1.95. The molecule has 86 valence electrons. The normalized spacial score (nSPS) is 20.6. The van der Waals surface area contributed by atoms with Crippen molar-refractivity contribution < 1.29 is 9.90 Å². The summed E-state index contributed by atoms with van der Waals surface area (Å²) in [5.41, 5.74) is 2.11. The zero-order valence-corrected chi connectivity index (χ0v) is 11.3. The minimum atomic E-state index is -0.517. The third kappa shape index (κ3) is 2.22. The van der Waals surface area contributed by atoms with Crippen molar-refractivity contribution in [2.45, 2.75) is 25.9 Å². The summed E-state index contributed by atoms with van der Waals surface area (Å²) < 4.78 is 1.17. The molecule has 0 radical (unpaired) electrons. The molecular weight excluding hydrogens is 317 g/mol. The highest BCUT2D eigenvalue weighted by atomic mass is 127. The van der Waals surface area contributed by atoms with Crippen LogP contribution in [-0.4, -0.2) is 23.7 Å². The number of nitrogens with zero attached hydrogens (tertiary/aromatic N) is 1. The zero-order valence-electron chi connectivity index (χ0n) is 9.11. The lowest BCUT2D eigenvalue weighted by Crippen LogP contribution is -2.26. The molecule has 0 saturated carbocycles. The summed E-state index contributed by atoms with van der Waals surface area (Å²) in [6, 6.07) is 6.05. The summed E-state index contributed by atoms with van der Waals surface area (Å²) >= 11 is 2.27. The molecule has 4 heteroatoms. The van der Waals surface area contributed by atoms with E-state index in [9.17, 15) is 9.90 Å². The third-order valence-electron chi connectivity index (χ3n) is 2.82. The Balaban J connectivity index is 2.36. The van der Waals surface area contributed by atoms with Gasteiger partial charge in [0.2, 0.25) is 5.91 Å². The summed E-state index contributed by atoms with van der Waals surface area (Å²) in [5, 5.41) is 9.49. The van der Waals surface area contributed by atoms with Crippen LogP contribution in [-0.2, 0) is 11.2 Å². The summed E-state index contributed by atoms with van der Waals surface area (Å²) in [6.45, 7) is 2.50. The van der Waals surface area contributed by atoms with Crippen LogP contribution < -0.4 is 4.90 Å². The first-order valence-corrected chi connectivity index (χ1v) is 6.46. The van der Waals surface area contributed by atoms with Gasteiger partial charge in [0.05, 0.1) is 19.1 Å². The monoisotopic (exact) mass is 331 g/mol. The molecule has 1 heterocycles. The van der Waals surface area contributed by atoms with Crippen molar-refractivity contribution in [1.82, 2.24) is 0 Å². The number of halogens is 1. The third-order valence-corrected chi connectivity index (χ3v) is 3.49. The van der Waals surface area contributed by atoms with Gasteiger partial charge in [-0.2, -0.15) is 0 Å². The molecule has 1 fully saturated rings. The number of β-amino-alcohol motifs (C(OH)–C–C–N with tert-alkyl or cyclic N) is 1. The molecule has 3 nitrogen and oxygen atoms in total. The van der Waals surface area contributed by atoms with Crippen LogP contribution in [0, 0.1) is 3.57 Å². The van der Waals surface area contributed by atoms with Gasteiger partial charge in [0.1, 0.15) is 0 Å². The molecule has 1 aliphatic heterocycles. The van der Waals surface area contributed by atoms with Crippen LogP contribution in [0.4, 0.5) is 5.69 Å². The smallest absolute Gasteiger partial charge is 0.229 e. The van der Waals surface area contributed by atoms with E-state index in [1.165, 1.54) is 3.57 Å². The maximum absolute atomic E-state index is 11.7. The molecule has 0 aliphatic carbocycles. The van der Waals surface area contributed by atoms with Crippen LogP contribution in [0.25, 0.3) is 0 Å². The quantitative estimate of drug-likeness (QED) is 0.842. The number of anilines is 1. The Hall–Kier alpha value is -0.620. The SMILES string of the molecule is CCc1cc(I)ccc1N1CC(O)CC1=O. The standard InChI is InChI=1S/C12H14INO2/c1-2-8-5-9(13)3-4-11(8)14-7-10(15)6-12(14)16/h3-5,10,15H,2,6-7H2,1H3. The van der Waals surface area contributed by atoms with Gasteiger partial charge in [0.25, 0.3) is 0 Å². The highest BCUT2D eigenvalue weighted by Crippen LogP contribution is 2.27. The minimum absolute atomic E-state index is 0.0170. The Morgan fingerprint density at radius 2 is 2.31 bits per heavy atom. The lowest BCUT2D eigenvalue weighted by molar-refractivity contribution is -0.117. The van der Waals surface area contributed by atoms with E-state index in [0.29, 0.717) is 6.54 Å². The van der Waals surface area contributed by atoms with Crippen LogP contribution >= 0.6 is 22.6 Å². The minimum Gasteiger partial charge on any atom is -0.391 e. The van der Waals surface area contributed by atoms with Crippen molar-refractivity contribution in [1.29, 1.82) is 0 Å². The molecule has 1 atom stereocenters. The Labute approximate surface area is 109 Å². The Morgan fingerprint density at radius 1 is 1.56 bits per heavy atom. The average Bonchev–Trinajstić information content (AvgIpc) is 2.57. The zero-order chi connectivity index (χ0) is 11.7. The molecular formula is C12H14INO2. The first kappa shape index (κ1) is 11.9. The largest absolute Gasteiger partial charge is 0.391 e. The van der Waals surface area contributed by atoms with Crippen LogP contribution in [0.15, 0.2) is 18.2 Å². The van der Waals surface area contributed by atoms with Crippen LogP contribution in [0.1, 0.15) is 18.9 Å². The van der Waals surface area contributed by atoms with Crippen molar-refractivity contribution in [3.63, 3.8) is 0 Å². The second-order valence-electron chi connectivity index (χ2n) is 3.99. The van der Waals surface area contributed by atoms with Crippen molar-refractivity contribution in [2.24, 2.45) is 0 Å². The molecule has 1 aromatic carbocycles. The molecule has 1 unspecified atom stereocenters. The van der Waals surface area contributed by atoms with E-state index in [1.54, 1.807) is 4.90 Å². The van der Waals surface area contributed by atoms with Gasteiger partial charge in [-0.25, -0.2) is 0 Å². The average molecular weight is 331 g/mol. The van der Waals surface area contributed by atoms with E-state index in [0.717, 1.165) is 17.7 Å². The maximum Gasteiger partial charge on any atom is 0.229 e. The van der Waals surface area contributed by atoms with Gasteiger partial charge >= 0.3 is 0 Å². The van der Waals surface area contributed by atoms with E-state index >= 15 is 0 Å². The van der Waals surface area contributed by atoms with Crippen LogP contribution in [0.5, 0.6) is 0 Å². The Bertz CT molecular complexity index is 419. The molecule has 1 aliphatic rings. The van der Waals surface area contributed by atoms with Crippen molar-refractivity contribution >= 4 is 34.2 Å². The van der Waals surface area contributed by atoms with E-state index < -0.39 is 6.10 Å². The van der Waals surface area contributed by atoms with Gasteiger partial charge < -0.3 is 10.0 Å². The van der Waals surface area contributed by atoms with E-state index in [-0.39, 0.29) is 12.3 Å². The Kier molecular flexibility index (Phi) is 3.49. The summed E-state index contributed by atoms with van der Waals surface area (Å²) in [6.07, 6.45) is 0.623. The van der Waals surface area contributed by atoms with Crippen molar-refractivity contribution in [3.8, 4) is 0 Å². The van der Waals surface area contributed by atoms with Gasteiger partial charge in [0, 0.05) is 9.26 Å². The second-order valence-corrected chi connectivity index (χ2v) is 5.23. The second kappa shape index (κ2) is 4.71. The number of carbonyl (C=O) groups excluding carboxylic acids is 1. The number of aliphatic hydroxyl groups excluding tert-OH is 1. The van der Waals surface area contributed by atoms with E-state index in [4.69, 9.17) is 0 Å². The summed E-state index contributed by atoms with van der Waals surface area (Å²) in [5.74, 6) is 0.0170. The van der Waals surface area contributed by atoms with Crippen molar-refractivity contribution in [3.05, 3.63) is 27.3 Å². The number of benzene rings is 1. The van der Waals surface area contributed by atoms with Crippen LogP contribution in [0.2, 0.25) is 0 Å². The molecule has 1 N–H and O–H groups in total. The number of aryl methyl sites for hydroxylation is 1.